The summed E-state index contributed by atoms with van der Waals surface area (Å²) in [6, 6.07) is 13.2. The van der Waals surface area contributed by atoms with Gasteiger partial charge in [0.1, 0.15) is 11.3 Å². The Hall–Kier alpha value is -4.44. The highest BCUT2D eigenvalue weighted by Crippen LogP contribution is 2.35. The molecule has 1 atom stereocenters. The Morgan fingerprint density at radius 3 is 2.78 bits per heavy atom. The number of halogens is 1. The number of fused-ring (bicyclic) bond motifs is 1. The van der Waals surface area contributed by atoms with Crippen molar-refractivity contribution in [1.29, 1.82) is 0 Å². The van der Waals surface area contributed by atoms with Crippen molar-refractivity contribution in [3.63, 3.8) is 0 Å². The van der Waals surface area contributed by atoms with Gasteiger partial charge < -0.3 is 24.7 Å². The number of anilines is 1. The van der Waals surface area contributed by atoms with Crippen LogP contribution in [0.25, 0.3) is 16.6 Å². The molecule has 0 bridgehead atoms. The van der Waals surface area contributed by atoms with E-state index in [-0.39, 0.29) is 29.0 Å². The SMILES string of the molecule is COC/C=C/C(=O)N1CC[C@@H](c2cn(-c3ccc(Oc4ccccc4F)cc3)c3c(N)n[nH]c(=O)c23)C1. The molecule has 9 nitrogen and oxygen atoms in total. The molecule has 10 heteroatoms. The molecule has 1 saturated heterocycles. The summed E-state index contributed by atoms with van der Waals surface area (Å²) in [5.41, 5.74) is 7.89. The number of ether oxygens (including phenoxy) is 2. The summed E-state index contributed by atoms with van der Waals surface area (Å²) < 4.78 is 26.4. The fourth-order valence-corrected chi connectivity index (χ4v) is 4.64. The number of nitrogens with zero attached hydrogens (tertiary/aromatic N) is 3. The van der Waals surface area contributed by atoms with Crippen LogP contribution in [-0.4, -0.2) is 52.4 Å². The minimum Gasteiger partial charge on any atom is -0.454 e. The molecule has 1 fully saturated rings. The van der Waals surface area contributed by atoms with E-state index in [9.17, 15) is 14.0 Å². The molecular formula is C27H26FN5O4. The van der Waals surface area contributed by atoms with Crippen molar-refractivity contribution in [2.75, 3.05) is 32.5 Å². The zero-order chi connectivity index (χ0) is 25.9. The van der Waals surface area contributed by atoms with Crippen molar-refractivity contribution in [3.05, 3.63) is 88.6 Å². The summed E-state index contributed by atoms with van der Waals surface area (Å²) in [5, 5.41) is 6.90. The standard InChI is InChI=1S/C27H26FN5O4/c1-36-14-4-7-23(34)32-13-12-17(15-32)20-16-33(25-24(20)27(35)31-30-26(25)29)18-8-10-19(11-9-18)37-22-6-3-2-5-21(22)28/h2-11,16-17H,12-15H2,1H3,(H2,29,30)(H,31,35)/b7-4+/t17-/m1/s1. The molecule has 37 heavy (non-hydrogen) atoms. The lowest BCUT2D eigenvalue weighted by Crippen LogP contribution is -2.26. The van der Waals surface area contributed by atoms with Crippen LogP contribution in [0, 0.1) is 5.82 Å². The fraction of sp³-hybridized carbons (Fsp3) is 0.222. The zero-order valence-electron chi connectivity index (χ0n) is 20.2. The fourth-order valence-electron chi connectivity index (χ4n) is 4.64. The third-order valence-corrected chi connectivity index (χ3v) is 6.42. The number of amides is 1. The van der Waals surface area contributed by atoms with E-state index in [1.54, 1.807) is 60.6 Å². The molecule has 1 amide bonds. The second kappa shape index (κ2) is 10.3. The Labute approximate surface area is 211 Å². The van der Waals surface area contributed by atoms with Crippen LogP contribution in [0.4, 0.5) is 10.2 Å². The molecule has 5 rings (SSSR count). The summed E-state index contributed by atoms with van der Waals surface area (Å²) in [7, 11) is 1.57. The molecule has 0 aliphatic carbocycles. The number of para-hydroxylation sites is 1. The Morgan fingerprint density at radius 1 is 1.24 bits per heavy atom. The van der Waals surface area contributed by atoms with Gasteiger partial charge in [0.25, 0.3) is 5.56 Å². The molecule has 0 saturated carbocycles. The first-order valence-corrected chi connectivity index (χ1v) is 11.8. The minimum absolute atomic E-state index is 0.0462. The molecule has 4 aromatic rings. The van der Waals surface area contributed by atoms with E-state index < -0.39 is 5.82 Å². The second-order valence-corrected chi connectivity index (χ2v) is 8.77. The van der Waals surface area contributed by atoms with Crippen molar-refractivity contribution in [1.82, 2.24) is 19.7 Å². The van der Waals surface area contributed by atoms with E-state index in [0.717, 1.165) is 11.3 Å². The molecule has 0 unspecified atom stereocenters. The number of hydrogen-bond donors (Lipinski definition) is 2. The summed E-state index contributed by atoms with van der Waals surface area (Å²) >= 11 is 0. The maximum absolute atomic E-state index is 14.0. The summed E-state index contributed by atoms with van der Waals surface area (Å²) in [6.07, 6.45) is 5.77. The molecule has 1 aliphatic heterocycles. The smallest absolute Gasteiger partial charge is 0.274 e. The summed E-state index contributed by atoms with van der Waals surface area (Å²) in [5.74, 6) is 0.172. The zero-order valence-corrected chi connectivity index (χ0v) is 20.2. The van der Waals surface area contributed by atoms with Crippen molar-refractivity contribution in [2.45, 2.75) is 12.3 Å². The molecule has 1 aliphatic rings. The molecule has 2 aromatic heterocycles. The maximum Gasteiger partial charge on any atom is 0.274 e. The molecule has 0 radical (unpaired) electrons. The van der Waals surface area contributed by atoms with Gasteiger partial charge in [0.2, 0.25) is 5.91 Å². The van der Waals surface area contributed by atoms with Gasteiger partial charge >= 0.3 is 0 Å². The largest absolute Gasteiger partial charge is 0.454 e. The number of aromatic nitrogens is 3. The number of rotatable bonds is 7. The van der Waals surface area contributed by atoms with Gasteiger partial charge in [-0.2, -0.15) is 5.10 Å². The first-order valence-electron chi connectivity index (χ1n) is 11.8. The molecule has 2 aromatic carbocycles. The van der Waals surface area contributed by atoms with Crippen LogP contribution in [0.15, 0.2) is 71.7 Å². The number of nitrogen functional groups attached to an aromatic ring is 1. The molecule has 3 N–H and O–H groups in total. The van der Waals surface area contributed by atoms with Crippen LogP contribution in [0.1, 0.15) is 17.9 Å². The van der Waals surface area contributed by atoms with Crippen LogP contribution in [-0.2, 0) is 9.53 Å². The predicted octanol–water partition coefficient (Wildman–Crippen LogP) is 3.75. The topological polar surface area (TPSA) is 115 Å². The number of carbonyl (C=O) groups is 1. The normalized spacial score (nSPS) is 15.6. The highest BCUT2D eigenvalue weighted by atomic mass is 19.1. The highest BCUT2D eigenvalue weighted by Gasteiger charge is 2.30. The number of carbonyl (C=O) groups excluding carboxylic acids is 1. The third-order valence-electron chi connectivity index (χ3n) is 6.42. The molecular weight excluding hydrogens is 477 g/mol. The van der Waals surface area contributed by atoms with Crippen LogP contribution in [0.3, 0.4) is 0 Å². The number of hydrogen-bond acceptors (Lipinski definition) is 6. The number of likely N-dealkylation sites (tertiary alicyclic amines) is 1. The van der Waals surface area contributed by atoms with Crippen LogP contribution in [0.2, 0.25) is 0 Å². The monoisotopic (exact) mass is 503 g/mol. The number of aromatic amines is 1. The van der Waals surface area contributed by atoms with E-state index in [1.807, 2.05) is 10.8 Å². The van der Waals surface area contributed by atoms with Crippen molar-refractivity contribution < 1.29 is 18.7 Å². The van der Waals surface area contributed by atoms with E-state index in [1.165, 1.54) is 12.1 Å². The quantitative estimate of drug-likeness (QED) is 0.371. The first-order chi connectivity index (χ1) is 18.0. The third kappa shape index (κ3) is 4.83. The number of nitrogens with one attached hydrogen (secondary N) is 1. The summed E-state index contributed by atoms with van der Waals surface area (Å²) in [4.78, 5) is 27.2. The number of nitrogens with two attached hydrogens (primary N) is 1. The first kappa shape index (κ1) is 24.3. The van der Waals surface area contributed by atoms with Crippen LogP contribution < -0.4 is 16.0 Å². The lowest BCUT2D eigenvalue weighted by Gasteiger charge is -2.14. The summed E-state index contributed by atoms with van der Waals surface area (Å²) in [6.45, 7) is 1.42. The van der Waals surface area contributed by atoms with E-state index in [4.69, 9.17) is 15.2 Å². The van der Waals surface area contributed by atoms with Gasteiger partial charge in [-0.15, -0.1) is 0 Å². The van der Waals surface area contributed by atoms with Crippen LogP contribution in [0.5, 0.6) is 11.5 Å². The van der Waals surface area contributed by atoms with Crippen LogP contribution >= 0.6 is 0 Å². The second-order valence-electron chi connectivity index (χ2n) is 8.77. The lowest BCUT2D eigenvalue weighted by atomic mass is 9.99. The lowest BCUT2D eigenvalue weighted by molar-refractivity contribution is -0.125. The van der Waals surface area contributed by atoms with Gasteiger partial charge in [0, 0.05) is 44.1 Å². The number of benzene rings is 2. The van der Waals surface area contributed by atoms with E-state index in [0.29, 0.717) is 42.8 Å². The van der Waals surface area contributed by atoms with Crippen molar-refractivity contribution >= 4 is 22.6 Å². The Kier molecular flexibility index (Phi) is 6.74. The van der Waals surface area contributed by atoms with E-state index >= 15 is 0 Å². The molecule has 0 spiro atoms. The average Bonchev–Trinajstić information content (AvgIpc) is 3.55. The van der Waals surface area contributed by atoms with Gasteiger partial charge in [-0.3, -0.25) is 9.59 Å². The van der Waals surface area contributed by atoms with Gasteiger partial charge in [-0.1, -0.05) is 18.2 Å². The minimum atomic E-state index is -0.455. The van der Waals surface area contributed by atoms with Gasteiger partial charge in [-0.25, -0.2) is 9.49 Å². The molecule has 3 heterocycles. The van der Waals surface area contributed by atoms with Crippen molar-refractivity contribution in [2.24, 2.45) is 0 Å². The van der Waals surface area contributed by atoms with Crippen molar-refractivity contribution in [3.8, 4) is 17.2 Å². The van der Waals surface area contributed by atoms with E-state index in [2.05, 4.69) is 10.2 Å². The average molecular weight is 504 g/mol. The van der Waals surface area contributed by atoms with Gasteiger partial charge in [0.05, 0.1) is 12.0 Å². The Bertz CT molecular complexity index is 1530. The number of methoxy groups -OCH3 is 1. The predicted molar refractivity (Wildman–Crippen MR) is 138 cm³/mol. The van der Waals surface area contributed by atoms with Gasteiger partial charge in [0.15, 0.2) is 17.4 Å². The Balaban J connectivity index is 1.47. The van der Waals surface area contributed by atoms with Gasteiger partial charge in [-0.05, 0) is 48.4 Å². The molecule has 190 valence electrons. The Morgan fingerprint density at radius 2 is 2.03 bits per heavy atom. The number of H-pyrrole nitrogens is 1. The maximum atomic E-state index is 14.0. The highest BCUT2D eigenvalue weighted by molar-refractivity contribution is 5.93.